The van der Waals surface area contributed by atoms with Gasteiger partial charge in [0.2, 0.25) is 0 Å². The molecule has 1 nitrogen and oxygen atoms in total. The lowest BCUT2D eigenvalue weighted by molar-refractivity contribution is -0.118. The average Bonchev–Trinajstić information content (AvgIpc) is 2.92. The molecule has 0 N–H and O–H groups in total. The molecule has 1 unspecified atom stereocenters. The normalized spacial score (nSPS) is 18.0. The Labute approximate surface area is 118 Å². The van der Waals surface area contributed by atoms with Crippen LogP contribution in [0.5, 0.6) is 0 Å². The molecule has 2 aromatic rings. The molecule has 1 heterocycles. The summed E-state index contributed by atoms with van der Waals surface area (Å²) in [5, 5.41) is 4.12. The van der Waals surface area contributed by atoms with E-state index >= 15 is 0 Å². The number of hydrogen-bond acceptors (Lipinski definition) is 2. The third-order valence-electron chi connectivity index (χ3n) is 3.95. The predicted octanol–water partition coefficient (Wildman–Crippen LogP) is 4.37. The molecule has 0 radical (unpaired) electrons. The Bertz CT molecular complexity index is 556. The van der Waals surface area contributed by atoms with E-state index in [9.17, 15) is 4.79 Å². The molecule has 3 rings (SSSR count). The van der Waals surface area contributed by atoms with E-state index in [4.69, 9.17) is 0 Å². The van der Waals surface area contributed by atoms with Gasteiger partial charge in [-0.05, 0) is 58.7 Å². The van der Waals surface area contributed by atoms with E-state index < -0.39 is 0 Å². The zero-order chi connectivity index (χ0) is 13.1. The molecule has 1 aromatic carbocycles. The van der Waals surface area contributed by atoms with Gasteiger partial charge in [0.1, 0.15) is 5.78 Å². The number of aryl methyl sites for hydroxylation is 1. The van der Waals surface area contributed by atoms with Gasteiger partial charge >= 0.3 is 0 Å². The minimum absolute atomic E-state index is 0.375. The molecule has 1 atom stereocenters. The first-order chi connectivity index (χ1) is 9.33. The van der Waals surface area contributed by atoms with E-state index in [1.165, 1.54) is 29.5 Å². The van der Waals surface area contributed by atoms with Crippen molar-refractivity contribution in [1.82, 2.24) is 0 Å². The maximum Gasteiger partial charge on any atom is 0.137 e. The number of carbonyl (C=O) groups is 1. The van der Waals surface area contributed by atoms with Crippen LogP contribution in [-0.4, -0.2) is 5.78 Å². The monoisotopic (exact) mass is 270 g/mol. The highest BCUT2D eigenvalue weighted by Crippen LogP contribution is 2.34. The van der Waals surface area contributed by atoms with Crippen LogP contribution >= 0.6 is 11.3 Å². The fourth-order valence-corrected chi connectivity index (χ4v) is 3.70. The Morgan fingerprint density at radius 1 is 1.26 bits per heavy atom. The lowest BCUT2D eigenvalue weighted by Gasteiger charge is -2.24. The fourth-order valence-electron chi connectivity index (χ4n) is 3.03. The van der Waals surface area contributed by atoms with Crippen molar-refractivity contribution in [1.29, 1.82) is 0 Å². The van der Waals surface area contributed by atoms with Gasteiger partial charge in [0.15, 0.2) is 0 Å². The van der Waals surface area contributed by atoms with Crippen LogP contribution < -0.4 is 0 Å². The van der Waals surface area contributed by atoms with Crippen LogP contribution in [0.3, 0.4) is 0 Å². The molecular weight excluding hydrogens is 252 g/mol. The van der Waals surface area contributed by atoms with Crippen LogP contribution in [0.2, 0.25) is 0 Å². The summed E-state index contributed by atoms with van der Waals surface area (Å²) in [4.78, 5) is 12.2. The summed E-state index contributed by atoms with van der Waals surface area (Å²) in [7, 11) is 0. The van der Waals surface area contributed by atoms with Gasteiger partial charge in [-0.3, -0.25) is 4.79 Å². The number of carbonyl (C=O) groups excluding carboxylic acids is 1. The van der Waals surface area contributed by atoms with Crippen LogP contribution in [-0.2, 0) is 17.6 Å². The number of rotatable bonds is 4. The molecule has 0 amide bonds. The predicted molar refractivity (Wildman–Crippen MR) is 79.8 cm³/mol. The van der Waals surface area contributed by atoms with E-state index in [0.717, 1.165) is 6.42 Å². The zero-order valence-electron chi connectivity index (χ0n) is 11.0. The van der Waals surface area contributed by atoms with Gasteiger partial charge in [-0.2, -0.15) is 11.3 Å². The van der Waals surface area contributed by atoms with Gasteiger partial charge in [-0.15, -0.1) is 0 Å². The van der Waals surface area contributed by atoms with E-state index in [2.05, 4.69) is 35.7 Å². The molecule has 0 spiro atoms. The van der Waals surface area contributed by atoms with Crippen LogP contribution in [0, 0.1) is 0 Å². The van der Waals surface area contributed by atoms with Gasteiger partial charge in [-0.1, -0.05) is 24.3 Å². The summed E-state index contributed by atoms with van der Waals surface area (Å²) in [6.07, 6.45) is 4.85. The molecule has 2 heteroatoms. The van der Waals surface area contributed by atoms with E-state index in [1.54, 1.807) is 11.3 Å². The molecule has 98 valence electrons. The van der Waals surface area contributed by atoms with Crippen molar-refractivity contribution >= 4 is 17.1 Å². The second-order valence-corrected chi connectivity index (χ2v) is 6.12. The summed E-state index contributed by atoms with van der Waals surface area (Å²) < 4.78 is 0. The van der Waals surface area contributed by atoms with Crippen molar-refractivity contribution in [2.45, 2.75) is 38.0 Å². The van der Waals surface area contributed by atoms with Crippen molar-refractivity contribution in [3.8, 4) is 0 Å². The molecule has 1 aliphatic carbocycles. The molecule has 0 bridgehead atoms. The molecule has 0 saturated carbocycles. The fraction of sp³-hybridized carbons (Fsp3) is 0.353. The number of benzene rings is 1. The van der Waals surface area contributed by atoms with Gasteiger partial charge in [0, 0.05) is 12.8 Å². The topological polar surface area (TPSA) is 17.1 Å². The lowest BCUT2D eigenvalue weighted by atomic mass is 9.80. The maximum atomic E-state index is 12.2. The molecule has 1 aliphatic rings. The van der Waals surface area contributed by atoms with Crippen molar-refractivity contribution in [2.75, 3.05) is 0 Å². The number of hydrogen-bond donors (Lipinski definition) is 0. The second-order valence-electron chi connectivity index (χ2n) is 5.34. The largest absolute Gasteiger partial charge is 0.299 e. The first-order valence-corrected chi connectivity index (χ1v) is 7.88. The van der Waals surface area contributed by atoms with Crippen LogP contribution in [0.15, 0.2) is 41.1 Å². The van der Waals surface area contributed by atoms with E-state index in [0.29, 0.717) is 24.5 Å². The van der Waals surface area contributed by atoms with Gasteiger partial charge in [-0.25, -0.2) is 0 Å². The second kappa shape index (κ2) is 5.70. The molecular formula is C17H18OS. The molecule has 0 saturated heterocycles. The van der Waals surface area contributed by atoms with Crippen LogP contribution in [0.25, 0.3) is 0 Å². The third-order valence-corrected chi connectivity index (χ3v) is 4.68. The van der Waals surface area contributed by atoms with Crippen molar-refractivity contribution in [3.05, 3.63) is 57.8 Å². The standard InChI is InChI=1S/C17H18OS/c18-16(10-13-8-9-19-12-13)11-15-6-3-5-14-4-1-2-7-17(14)15/h1-2,4,7-9,12,15H,3,5-6,10-11H2. The first kappa shape index (κ1) is 12.6. The Hall–Kier alpha value is -1.41. The quantitative estimate of drug-likeness (QED) is 0.806. The first-order valence-electron chi connectivity index (χ1n) is 6.93. The lowest BCUT2D eigenvalue weighted by Crippen LogP contribution is -2.14. The molecule has 1 aromatic heterocycles. The summed E-state index contributed by atoms with van der Waals surface area (Å²) in [6.45, 7) is 0. The van der Waals surface area contributed by atoms with Gasteiger partial charge in [0.25, 0.3) is 0 Å². The maximum absolute atomic E-state index is 12.2. The SMILES string of the molecule is O=C(Cc1ccsc1)CC1CCCc2ccccc21. The number of thiophene rings is 1. The van der Waals surface area contributed by atoms with E-state index in [-0.39, 0.29) is 0 Å². The van der Waals surface area contributed by atoms with E-state index in [1.807, 2.05) is 5.38 Å². The average molecular weight is 270 g/mol. The highest BCUT2D eigenvalue weighted by molar-refractivity contribution is 7.07. The summed E-state index contributed by atoms with van der Waals surface area (Å²) in [5.74, 6) is 0.816. The van der Waals surface area contributed by atoms with Gasteiger partial charge < -0.3 is 0 Å². The van der Waals surface area contributed by atoms with Crippen molar-refractivity contribution < 1.29 is 4.79 Å². The van der Waals surface area contributed by atoms with Crippen LogP contribution in [0.4, 0.5) is 0 Å². The minimum atomic E-state index is 0.375. The van der Waals surface area contributed by atoms with Crippen molar-refractivity contribution in [2.24, 2.45) is 0 Å². The highest BCUT2D eigenvalue weighted by atomic mass is 32.1. The summed E-state index contributed by atoms with van der Waals surface area (Å²) in [6, 6.07) is 10.7. The minimum Gasteiger partial charge on any atom is -0.299 e. The Balaban J connectivity index is 1.69. The molecule has 19 heavy (non-hydrogen) atoms. The number of fused-ring (bicyclic) bond motifs is 1. The zero-order valence-corrected chi connectivity index (χ0v) is 11.8. The number of Topliss-reactive ketones (excluding diaryl/α,β-unsaturated/α-hetero) is 1. The Kier molecular flexibility index (Phi) is 3.79. The summed E-state index contributed by atoms with van der Waals surface area (Å²) >= 11 is 1.66. The number of ketones is 1. The molecule has 0 fully saturated rings. The third kappa shape index (κ3) is 2.95. The van der Waals surface area contributed by atoms with Crippen LogP contribution in [0.1, 0.15) is 41.9 Å². The molecule has 0 aliphatic heterocycles. The highest BCUT2D eigenvalue weighted by Gasteiger charge is 2.22. The Morgan fingerprint density at radius 3 is 3.00 bits per heavy atom. The summed E-state index contributed by atoms with van der Waals surface area (Å²) in [5.41, 5.74) is 4.02. The van der Waals surface area contributed by atoms with Gasteiger partial charge in [0.05, 0.1) is 0 Å². The van der Waals surface area contributed by atoms with Crippen molar-refractivity contribution in [3.63, 3.8) is 0 Å². The smallest absolute Gasteiger partial charge is 0.137 e. The Morgan fingerprint density at radius 2 is 2.16 bits per heavy atom.